The highest BCUT2D eigenvalue weighted by atomic mass is 32.1. The molecule has 0 bridgehead atoms. The van der Waals surface area contributed by atoms with Gasteiger partial charge in [0.05, 0.1) is 12.1 Å². The molecule has 1 aromatic carbocycles. The van der Waals surface area contributed by atoms with Gasteiger partial charge < -0.3 is 11.1 Å². The maximum absolute atomic E-state index is 12.1. The Labute approximate surface area is 144 Å². The first kappa shape index (κ1) is 16.3. The number of thiazole rings is 1. The van der Waals surface area contributed by atoms with Crippen molar-refractivity contribution in [2.45, 2.75) is 19.9 Å². The second-order valence-corrected chi connectivity index (χ2v) is 6.35. The van der Waals surface area contributed by atoms with Gasteiger partial charge in [0, 0.05) is 23.7 Å². The summed E-state index contributed by atoms with van der Waals surface area (Å²) in [4.78, 5) is 20.8. The Bertz CT molecular complexity index is 842. The number of anilines is 1. The number of amides is 1. The van der Waals surface area contributed by atoms with Crippen LogP contribution >= 0.6 is 11.3 Å². The van der Waals surface area contributed by atoms with E-state index >= 15 is 0 Å². The first-order valence-corrected chi connectivity index (χ1v) is 8.48. The third kappa shape index (κ3) is 4.04. The minimum Gasteiger partial charge on any atom is -0.326 e. The summed E-state index contributed by atoms with van der Waals surface area (Å²) in [6, 6.07) is 11.7. The number of hydrogen-bond donors (Lipinski definition) is 2. The van der Waals surface area contributed by atoms with Gasteiger partial charge in [0.1, 0.15) is 10.8 Å². The van der Waals surface area contributed by atoms with Gasteiger partial charge in [-0.25, -0.2) is 9.97 Å². The van der Waals surface area contributed by atoms with Crippen molar-refractivity contribution in [2.75, 3.05) is 5.32 Å². The van der Waals surface area contributed by atoms with Crippen LogP contribution in [0.5, 0.6) is 0 Å². The molecular formula is C18H18N4OS. The minimum absolute atomic E-state index is 0.126. The Morgan fingerprint density at radius 3 is 2.92 bits per heavy atom. The van der Waals surface area contributed by atoms with Crippen LogP contribution in [0.15, 0.2) is 48.0 Å². The van der Waals surface area contributed by atoms with Crippen LogP contribution in [0, 0.1) is 6.92 Å². The predicted octanol–water partition coefficient (Wildman–Crippen LogP) is 3.15. The summed E-state index contributed by atoms with van der Waals surface area (Å²) in [7, 11) is 0. The molecule has 0 aliphatic carbocycles. The Kier molecular flexibility index (Phi) is 4.98. The van der Waals surface area contributed by atoms with E-state index in [0.717, 1.165) is 27.4 Å². The molecule has 3 aromatic rings. The van der Waals surface area contributed by atoms with Gasteiger partial charge in [-0.1, -0.05) is 24.3 Å². The number of hydrogen-bond acceptors (Lipinski definition) is 5. The molecule has 2 heterocycles. The fraction of sp³-hybridized carbons (Fsp3) is 0.167. The molecule has 3 rings (SSSR count). The zero-order valence-corrected chi connectivity index (χ0v) is 14.1. The van der Waals surface area contributed by atoms with Crippen molar-refractivity contribution in [2.24, 2.45) is 5.73 Å². The van der Waals surface area contributed by atoms with E-state index in [-0.39, 0.29) is 12.3 Å². The van der Waals surface area contributed by atoms with Gasteiger partial charge in [-0.15, -0.1) is 11.3 Å². The molecule has 3 N–H and O–H groups in total. The highest BCUT2D eigenvalue weighted by Crippen LogP contribution is 2.24. The minimum atomic E-state index is -0.126. The van der Waals surface area contributed by atoms with Crippen LogP contribution in [-0.2, 0) is 17.8 Å². The number of nitrogens with zero attached hydrogens (tertiary/aromatic N) is 2. The molecule has 24 heavy (non-hydrogen) atoms. The van der Waals surface area contributed by atoms with Crippen LogP contribution in [0.2, 0.25) is 0 Å². The molecule has 122 valence electrons. The number of carbonyl (C=O) groups is 1. The van der Waals surface area contributed by atoms with Crippen molar-refractivity contribution in [1.29, 1.82) is 0 Å². The first-order chi connectivity index (χ1) is 11.6. The average molecular weight is 338 g/mol. The van der Waals surface area contributed by atoms with Gasteiger partial charge in [-0.2, -0.15) is 0 Å². The molecule has 6 heteroatoms. The summed E-state index contributed by atoms with van der Waals surface area (Å²) < 4.78 is 0. The summed E-state index contributed by atoms with van der Waals surface area (Å²) in [5, 5.41) is 5.58. The highest BCUT2D eigenvalue weighted by molar-refractivity contribution is 7.13. The van der Waals surface area contributed by atoms with Crippen LogP contribution in [0.1, 0.15) is 16.8 Å². The topological polar surface area (TPSA) is 80.9 Å². The highest BCUT2D eigenvalue weighted by Gasteiger charge is 2.10. The molecular weight excluding hydrogens is 320 g/mol. The standard InChI is InChI=1S/C18H18N4OS/c1-12-5-6-16(20-10-12)22-17(23)8-15-11-24-18(21-15)14-4-2-3-13(7-14)9-19/h2-7,10-11H,8-9,19H2,1H3,(H,20,22,23). The van der Waals surface area contributed by atoms with Gasteiger partial charge in [0.25, 0.3) is 0 Å². The smallest absolute Gasteiger partial charge is 0.231 e. The maximum atomic E-state index is 12.1. The lowest BCUT2D eigenvalue weighted by Gasteiger charge is -2.03. The van der Waals surface area contributed by atoms with Crippen molar-refractivity contribution in [3.05, 3.63) is 64.8 Å². The van der Waals surface area contributed by atoms with Gasteiger partial charge in [-0.05, 0) is 30.2 Å². The third-order valence-electron chi connectivity index (χ3n) is 3.48. The second kappa shape index (κ2) is 7.33. The van der Waals surface area contributed by atoms with Crippen LogP contribution in [0.25, 0.3) is 10.6 Å². The molecule has 0 saturated heterocycles. The molecule has 2 aromatic heterocycles. The largest absolute Gasteiger partial charge is 0.326 e. The quantitative estimate of drug-likeness (QED) is 0.749. The van der Waals surface area contributed by atoms with E-state index in [1.807, 2.05) is 42.6 Å². The predicted molar refractivity (Wildman–Crippen MR) is 96.7 cm³/mol. The molecule has 0 unspecified atom stereocenters. The lowest BCUT2D eigenvalue weighted by molar-refractivity contribution is -0.115. The Morgan fingerprint density at radius 1 is 1.29 bits per heavy atom. The first-order valence-electron chi connectivity index (χ1n) is 7.60. The van der Waals surface area contributed by atoms with Crippen LogP contribution in [0.3, 0.4) is 0 Å². The number of nitrogens with two attached hydrogens (primary N) is 1. The SMILES string of the molecule is Cc1ccc(NC(=O)Cc2csc(-c3cccc(CN)c3)n2)nc1. The van der Waals surface area contributed by atoms with E-state index in [2.05, 4.69) is 15.3 Å². The number of pyridine rings is 1. The molecule has 0 spiro atoms. The number of aryl methyl sites for hydroxylation is 1. The summed E-state index contributed by atoms with van der Waals surface area (Å²) in [5.74, 6) is 0.426. The molecule has 0 fully saturated rings. The van der Waals surface area contributed by atoms with Crippen LogP contribution in [-0.4, -0.2) is 15.9 Å². The molecule has 0 atom stereocenters. The van der Waals surface area contributed by atoms with E-state index in [9.17, 15) is 4.79 Å². The lowest BCUT2D eigenvalue weighted by atomic mass is 10.1. The van der Waals surface area contributed by atoms with Crippen molar-refractivity contribution in [1.82, 2.24) is 9.97 Å². The van der Waals surface area contributed by atoms with E-state index in [1.54, 1.807) is 12.3 Å². The normalized spacial score (nSPS) is 10.6. The van der Waals surface area contributed by atoms with Crippen molar-refractivity contribution in [3.63, 3.8) is 0 Å². The Morgan fingerprint density at radius 2 is 2.17 bits per heavy atom. The summed E-state index contributed by atoms with van der Waals surface area (Å²) in [6.45, 7) is 2.45. The van der Waals surface area contributed by atoms with E-state index in [1.165, 1.54) is 11.3 Å². The van der Waals surface area contributed by atoms with Gasteiger partial charge >= 0.3 is 0 Å². The van der Waals surface area contributed by atoms with Crippen molar-refractivity contribution in [3.8, 4) is 10.6 Å². The van der Waals surface area contributed by atoms with E-state index < -0.39 is 0 Å². The molecule has 0 saturated carbocycles. The van der Waals surface area contributed by atoms with E-state index in [4.69, 9.17) is 5.73 Å². The summed E-state index contributed by atoms with van der Waals surface area (Å²) in [5.41, 5.74) is 9.56. The number of nitrogens with one attached hydrogen (secondary N) is 1. The summed E-state index contributed by atoms with van der Waals surface area (Å²) >= 11 is 1.52. The molecule has 5 nitrogen and oxygen atoms in total. The van der Waals surface area contributed by atoms with Gasteiger partial charge in [-0.3, -0.25) is 4.79 Å². The van der Waals surface area contributed by atoms with Gasteiger partial charge in [0.2, 0.25) is 5.91 Å². The average Bonchev–Trinajstić information content (AvgIpc) is 3.05. The fourth-order valence-electron chi connectivity index (χ4n) is 2.25. The van der Waals surface area contributed by atoms with Gasteiger partial charge in [0.15, 0.2) is 0 Å². The van der Waals surface area contributed by atoms with Crippen LogP contribution in [0.4, 0.5) is 5.82 Å². The number of benzene rings is 1. The van der Waals surface area contributed by atoms with Crippen molar-refractivity contribution >= 4 is 23.1 Å². The molecule has 0 aliphatic rings. The fourth-order valence-corrected chi connectivity index (χ4v) is 3.06. The Hall–Kier alpha value is -2.57. The third-order valence-corrected chi connectivity index (χ3v) is 4.42. The zero-order chi connectivity index (χ0) is 16.9. The number of carbonyl (C=O) groups excluding carboxylic acids is 1. The number of rotatable bonds is 5. The second-order valence-electron chi connectivity index (χ2n) is 5.49. The lowest BCUT2D eigenvalue weighted by Crippen LogP contribution is -2.15. The zero-order valence-electron chi connectivity index (χ0n) is 13.3. The van der Waals surface area contributed by atoms with Crippen LogP contribution < -0.4 is 11.1 Å². The maximum Gasteiger partial charge on any atom is 0.231 e. The van der Waals surface area contributed by atoms with E-state index in [0.29, 0.717) is 12.4 Å². The molecule has 0 aliphatic heterocycles. The Balaban J connectivity index is 1.67. The van der Waals surface area contributed by atoms with Crippen molar-refractivity contribution < 1.29 is 4.79 Å². The monoisotopic (exact) mass is 338 g/mol. The number of aromatic nitrogens is 2. The molecule has 1 amide bonds. The molecule has 0 radical (unpaired) electrons. The summed E-state index contributed by atoms with van der Waals surface area (Å²) in [6.07, 6.45) is 1.95.